The van der Waals surface area contributed by atoms with Crippen LogP contribution in [0.4, 0.5) is 4.39 Å². The zero-order valence-electron chi connectivity index (χ0n) is 16.4. The summed E-state index contributed by atoms with van der Waals surface area (Å²) in [5, 5.41) is 0.353. The minimum Gasteiger partial charge on any atom is -0.491 e. The van der Waals surface area contributed by atoms with Gasteiger partial charge in [0.2, 0.25) is 5.91 Å². The van der Waals surface area contributed by atoms with Crippen molar-refractivity contribution in [1.29, 1.82) is 0 Å². The first-order chi connectivity index (χ1) is 14.4. The van der Waals surface area contributed by atoms with Crippen LogP contribution in [0, 0.1) is 5.82 Å². The van der Waals surface area contributed by atoms with Crippen LogP contribution >= 0.6 is 0 Å². The molecule has 0 aliphatic rings. The maximum atomic E-state index is 13.7. The predicted octanol–water partition coefficient (Wildman–Crippen LogP) is 3.23. The average Bonchev–Trinajstić information content (AvgIpc) is 2.76. The number of methoxy groups -OCH3 is 1. The SMILES string of the molecule is COC(=O)c1cc(OCCN(C(C)=O)C(=O)c2ccccc2)c2cc(F)ccc2n1. The van der Waals surface area contributed by atoms with Gasteiger partial charge >= 0.3 is 5.97 Å². The molecule has 0 fully saturated rings. The Labute approximate surface area is 172 Å². The van der Waals surface area contributed by atoms with Gasteiger partial charge in [-0.3, -0.25) is 14.5 Å². The first kappa shape index (κ1) is 20.9. The lowest BCUT2D eigenvalue weighted by Crippen LogP contribution is -2.38. The van der Waals surface area contributed by atoms with E-state index >= 15 is 0 Å². The van der Waals surface area contributed by atoms with Crippen LogP contribution in [-0.4, -0.2) is 47.9 Å². The molecule has 1 aromatic heterocycles. The molecule has 154 valence electrons. The number of carbonyl (C=O) groups excluding carboxylic acids is 3. The van der Waals surface area contributed by atoms with Crippen molar-refractivity contribution in [3.05, 3.63) is 71.7 Å². The summed E-state index contributed by atoms with van der Waals surface area (Å²) in [7, 11) is 1.22. The molecule has 7 nitrogen and oxygen atoms in total. The van der Waals surface area contributed by atoms with Gasteiger partial charge in [-0.25, -0.2) is 14.2 Å². The van der Waals surface area contributed by atoms with Crippen LogP contribution in [0.1, 0.15) is 27.8 Å². The third-order valence-electron chi connectivity index (χ3n) is 4.35. The van der Waals surface area contributed by atoms with Crippen LogP contribution in [0.5, 0.6) is 5.75 Å². The van der Waals surface area contributed by atoms with Crippen molar-refractivity contribution in [2.24, 2.45) is 0 Å². The van der Waals surface area contributed by atoms with E-state index in [2.05, 4.69) is 9.72 Å². The second-order valence-electron chi connectivity index (χ2n) is 6.35. The lowest BCUT2D eigenvalue weighted by Gasteiger charge is -2.20. The molecule has 8 heteroatoms. The maximum Gasteiger partial charge on any atom is 0.356 e. The summed E-state index contributed by atoms with van der Waals surface area (Å²) in [6.45, 7) is 1.19. The number of hydrogen-bond donors (Lipinski definition) is 0. The number of fused-ring (bicyclic) bond motifs is 1. The van der Waals surface area contributed by atoms with Gasteiger partial charge in [0.25, 0.3) is 5.91 Å². The van der Waals surface area contributed by atoms with Crippen LogP contribution in [0.3, 0.4) is 0 Å². The highest BCUT2D eigenvalue weighted by atomic mass is 19.1. The van der Waals surface area contributed by atoms with Gasteiger partial charge in [-0.2, -0.15) is 0 Å². The molecule has 0 bridgehead atoms. The molecular formula is C22H19FN2O5. The van der Waals surface area contributed by atoms with Gasteiger partial charge in [0, 0.05) is 23.9 Å². The van der Waals surface area contributed by atoms with Crippen molar-refractivity contribution < 1.29 is 28.2 Å². The highest BCUT2D eigenvalue weighted by molar-refractivity contribution is 6.04. The number of aromatic nitrogens is 1. The van der Waals surface area contributed by atoms with Gasteiger partial charge in [0.1, 0.15) is 18.2 Å². The normalized spacial score (nSPS) is 10.5. The largest absolute Gasteiger partial charge is 0.491 e. The van der Waals surface area contributed by atoms with Crippen molar-refractivity contribution in [2.45, 2.75) is 6.92 Å². The molecular weight excluding hydrogens is 391 g/mol. The average molecular weight is 410 g/mol. The summed E-state index contributed by atoms with van der Waals surface area (Å²) in [4.78, 5) is 41.7. The van der Waals surface area contributed by atoms with E-state index in [1.807, 2.05) is 0 Å². The van der Waals surface area contributed by atoms with Gasteiger partial charge in [-0.05, 0) is 30.3 Å². The molecule has 1 heterocycles. The van der Waals surface area contributed by atoms with Gasteiger partial charge in [0.05, 0.1) is 19.2 Å². The second-order valence-corrected chi connectivity index (χ2v) is 6.35. The summed E-state index contributed by atoms with van der Waals surface area (Å²) in [6.07, 6.45) is 0. The fourth-order valence-electron chi connectivity index (χ4n) is 2.88. The van der Waals surface area contributed by atoms with Crippen molar-refractivity contribution in [2.75, 3.05) is 20.3 Å². The molecule has 0 aliphatic carbocycles. The Balaban J connectivity index is 1.83. The van der Waals surface area contributed by atoms with Crippen molar-refractivity contribution >= 4 is 28.7 Å². The Morgan fingerprint density at radius 1 is 1.07 bits per heavy atom. The predicted molar refractivity (Wildman–Crippen MR) is 107 cm³/mol. The minimum atomic E-state index is -0.671. The van der Waals surface area contributed by atoms with Gasteiger partial charge in [-0.15, -0.1) is 0 Å². The highest BCUT2D eigenvalue weighted by Gasteiger charge is 2.20. The summed E-state index contributed by atoms with van der Waals surface area (Å²) >= 11 is 0. The molecule has 0 atom stereocenters. The Morgan fingerprint density at radius 3 is 2.47 bits per heavy atom. The first-order valence-electron chi connectivity index (χ1n) is 9.09. The van der Waals surface area contributed by atoms with E-state index in [0.717, 1.165) is 4.90 Å². The van der Waals surface area contributed by atoms with Crippen LogP contribution in [0.15, 0.2) is 54.6 Å². The molecule has 0 unspecified atom stereocenters. The highest BCUT2D eigenvalue weighted by Crippen LogP contribution is 2.27. The molecule has 3 rings (SSSR count). The van der Waals surface area contributed by atoms with E-state index in [1.165, 1.54) is 38.3 Å². The Kier molecular flexibility index (Phi) is 6.36. The van der Waals surface area contributed by atoms with Crippen LogP contribution in [0.2, 0.25) is 0 Å². The third-order valence-corrected chi connectivity index (χ3v) is 4.35. The fraction of sp³-hybridized carbons (Fsp3) is 0.182. The van der Waals surface area contributed by atoms with Crippen LogP contribution < -0.4 is 4.74 Å². The lowest BCUT2D eigenvalue weighted by molar-refractivity contribution is -0.126. The summed E-state index contributed by atoms with van der Waals surface area (Å²) < 4.78 is 24.1. The molecule has 30 heavy (non-hydrogen) atoms. The number of amides is 2. The van der Waals surface area contributed by atoms with Crippen LogP contribution in [-0.2, 0) is 9.53 Å². The first-order valence-corrected chi connectivity index (χ1v) is 9.09. The molecule has 2 amide bonds. The van der Waals surface area contributed by atoms with Gasteiger partial charge < -0.3 is 9.47 Å². The molecule has 2 aromatic carbocycles. The fourth-order valence-corrected chi connectivity index (χ4v) is 2.88. The van der Waals surface area contributed by atoms with E-state index < -0.39 is 23.6 Å². The Morgan fingerprint density at radius 2 is 1.80 bits per heavy atom. The van der Waals surface area contributed by atoms with Crippen molar-refractivity contribution in [3.63, 3.8) is 0 Å². The summed E-state index contributed by atoms with van der Waals surface area (Å²) in [5.74, 6) is -1.86. The zero-order valence-corrected chi connectivity index (χ0v) is 16.4. The Hall–Kier alpha value is -3.81. The molecule has 0 saturated carbocycles. The monoisotopic (exact) mass is 410 g/mol. The number of benzene rings is 2. The molecule has 3 aromatic rings. The van der Waals surface area contributed by atoms with E-state index in [4.69, 9.17) is 4.74 Å². The second kappa shape index (κ2) is 9.13. The third kappa shape index (κ3) is 4.60. The van der Waals surface area contributed by atoms with E-state index in [0.29, 0.717) is 16.5 Å². The molecule has 0 saturated heterocycles. The number of pyridine rings is 1. The van der Waals surface area contributed by atoms with E-state index in [9.17, 15) is 18.8 Å². The number of imide groups is 1. The van der Waals surface area contributed by atoms with E-state index in [1.54, 1.807) is 30.3 Å². The molecule has 0 aliphatic heterocycles. The standard InChI is InChI=1S/C22H19FN2O5/c1-14(26)25(21(27)15-6-4-3-5-7-15)10-11-30-20-13-19(22(28)29-2)24-18-9-8-16(23)12-17(18)20/h3-9,12-13H,10-11H2,1-2H3. The van der Waals surface area contributed by atoms with Crippen molar-refractivity contribution in [3.8, 4) is 5.75 Å². The number of nitrogens with zero attached hydrogens (tertiary/aromatic N) is 2. The molecule has 0 radical (unpaired) electrons. The lowest BCUT2D eigenvalue weighted by atomic mass is 10.1. The summed E-state index contributed by atoms with van der Waals surface area (Å²) in [6, 6.07) is 13.6. The summed E-state index contributed by atoms with van der Waals surface area (Å²) in [5.41, 5.74) is 0.714. The van der Waals surface area contributed by atoms with Crippen molar-refractivity contribution in [1.82, 2.24) is 9.88 Å². The van der Waals surface area contributed by atoms with Crippen LogP contribution in [0.25, 0.3) is 10.9 Å². The number of carbonyl (C=O) groups is 3. The zero-order chi connectivity index (χ0) is 21.7. The smallest absolute Gasteiger partial charge is 0.356 e. The molecule has 0 N–H and O–H groups in total. The number of ether oxygens (including phenoxy) is 2. The quantitative estimate of drug-likeness (QED) is 0.580. The number of esters is 1. The van der Waals surface area contributed by atoms with Gasteiger partial charge in [0.15, 0.2) is 5.69 Å². The Bertz CT molecular complexity index is 1100. The number of rotatable bonds is 6. The number of halogens is 1. The maximum absolute atomic E-state index is 13.7. The van der Waals surface area contributed by atoms with Gasteiger partial charge in [-0.1, -0.05) is 18.2 Å². The molecule has 0 spiro atoms. The number of hydrogen-bond acceptors (Lipinski definition) is 6. The topological polar surface area (TPSA) is 85.8 Å². The minimum absolute atomic E-state index is 0.00426. The van der Waals surface area contributed by atoms with E-state index in [-0.39, 0.29) is 24.6 Å².